The summed E-state index contributed by atoms with van der Waals surface area (Å²) in [7, 11) is 2.26. The summed E-state index contributed by atoms with van der Waals surface area (Å²) in [6, 6.07) is 6.95. The smallest absolute Gasteiger partial charge is 0.226 e. The Morgan fingerprint density at radius 2 is 2.26 bits per heavy atom. The molecule has 3 atom stereocenters. The number of nitrogens with one attached hydrogen (secondary N) is 1. The van der Waals surface area contributed by atoms with Crippen molar-refractivity contribution in [3.8, 4) is 0 Å². The molecule has 3 nitrogen and oxygen atoms in total. The Morgan fingerprint density at radius 3 is 3.00 bits per heavy atom. The minimum absolute atomic E-state index is 0.275. The van der Waals surface area contributed by atoms with Gasteiger partial charge >= 0.3 is 0 Å². The molecule has 3 heteroatoms. The Hall–Kier alpha value is -1.35. The number of carbonyl (C=O) groups excluding carboxylic acids is 1. The highest BCUT2D eigenvalue weighted by molar-refractivity contribution is 5.96. The number of carbonyl (C=O) groups is 1. The number of likely N-dealkylation sites (N-methyl/N-ethyl adjacent to an activating group) is 1. The van der Waals surface area contributed by atoms with E-state index in [-0.39, 0.29) is 5.91 Å². The highest BCUT2D eigenvalue weighted by atomic mass is 16.2. The highest BCUT2D eigenvalue weighted by Gasteiger charge is 2.45. The normalized spacial score (nSPS) is 29.0. The Balaban J connectivity index is 2.06. The second kappa shape index (κ2) is 4.64. The van der Waals surface area contributed by atoms with E-state index in [1.165, 1.54) is 23.4 Å². The van der Waals surface area contributed by atoms with Crippen LogP contribution in [0.1, 0.15) is 36.8 Å². The summed E-state index contributed by atoms with van der Waals surface area (Å²) in [5.41, 5.74) is 3.86. The number of anilines is 1. The maximum absolute atomic E-state index is 12.3. The van der Waals surface area contributed by atoms with Gasteiger partial charge in [-0.2, -0.15) is 0 Å². The molecule has 19 heavy (non-hydrogen) atoms. The van der Waals surface area contributed by atoms with Gasteiger partial charge in [-0.3, -0.25) is 4.79 Å². The van der Waals surface area contributed by atoms with Crippen LogP contribution < -0.4 is 9.80 Å². The van der Waals surface area contributed by atoms with Gasteiger partial charge in [0.05, 0.1) is 32.1 Å². The molecule has 3 unspecified atom stereocenters. The van der Waals surface area contributed by atoms with E-state index in [4.69, 9.17) is 0 Å². The number of amides is 1. The molecule has 0 spiro atoms. The summed E-state index contributed by atoms with van der Waals surface area (Å²) in [5, 5.41) is 0. The molecule has 2 heterocycles. The van der Waals surface area contributed by atoms with Gasteiger partial charge in [-0.1, -0.05) is 24.6 Å². The van der Waals surface area contributed by atoms with Crippen molar-refractivity contribution in [2.75, 3.05) is 25.0 Å². The van der Waals surface area contributed by atoms with Gasteiger partial charge in [0, 0.05) is 18.5 Å². The Labute approximate surface area is 115 Å². The van der Waals surface area contributed by atoms with Crippen LogP contribution in [0.4, 0.5) is 5.69 Å². The molecule has 3 rings (SSSR count). The molecular formula is C16H23N2O+. The number of hydrogen-bond donors (Lipinski definition) is 1. The molecule has 0 radical (unpaired) electrons. The summed E-state index contributed by atoms with van der Waals surface area (Å²) < 4.78 is 0. The number of fused-ring (bicyclic) bond motifs is 3. The van der Waals surface area contributed by atoms with Crippen LogP contribution in [0.5, 0.6) is 0 Å². The van der Waals surface area contributed by atoms with E-state index >= 15 is 0 Å². The predicted octanol–water partition coefficient (Wildman–Crippen LogP) is 1.12. The Bertz CT molecular complexity index is 511. The largest absolute Gasteiger partial charge is 0.337 e. The molecule has 2 aliphatic rings. The van der Waals surface area contributed by atoms with E-state index in [1.807, 2.05) is 6.92 Å². The van der Waals surface area contributed by atoms with Crippen LogP contribution in [-0.2, 0) is 4.79 Å². The third kappa shape index (κ3) is 1.96. The van der Waals surface area contributed by atoms with Crippen LogP contribution in [0.15, 0.2) is 18.2 Å². The average molecular weight is 259 g/mol. The zero-order valence-electron chi connectivity index (χ0n) is 12.1. The molecule has 1 aromatic carbocycles. The van der Waals surface area contributed by atoms with Crippen LogP contribution in [-0.4, -0.2) is 32.1 Å². The van der Waals surface area contributed by atoms with Crippen LogP contribution in [0.25, 0.3) is 0 Å². The lowest BCUT2D eigenvalue weighted by molar-refractivity contribution is -0.886. The van der Waals surface area contributed by atoms with Crippen LogP contribution in [0.3, 0.4) is 0 Å². The summed E-state index contributed by atoms with van der Waals surface area (Å²) in [6.07, 6.45) is 1.72. The van der Waals surface area contributed by atoms with E-state index in [1.54, 1.807) is 4.90 Å². The van der Waals surface area contributed by atoms with Crippen molar-refractivity contribution in [1.29, 1.82) is 0 Å². The number of quaternary nitrogens is 1. The summed E-state index contributed by atoms with van der Waals surface area (Å²) in [6.45, 7) is 6.42. The number of likely N-dealkylation sites (tertiary alicyclic amines) is 1. The van der Waals surface area contributed by atoms with Gasteiger partial charge in [-0.25, -0.2) is 0 Å². The molecule has 1 aromatic rings. The second-order valence-electron chi connectivity index (χ2n) is 6.05. The molecule has 0 aliphatic carbocycles. The minimum Gasteiger partial charge on any atom is -0.337 e. The fourth-order valence-electron chi connectivity index (χ4n) is 3.69. The van der Waals surface area contributed by atoms with Gasteiger partial charge in [0.1, 0.15) is 0 Å². The molecule has 1 N–H and O–H groups in total. The molecule has 0 aromatic heterocycles. The van der Waals surface area contributed by atoms with Crippen LogP contribution in [0, 0.1) is 6.92 Å². The predicted molar refractivity (Wildman–Crippen MR) is 76.7 cm³/mol. The van der Waals surface area contributed by atoms with Crippen molar-refractivity contribution in [3.05, 3.63) is 29.3 Å². The molecule has 0 saturated carbocycles. The molecule has 0 bridgehead atoms. The average Bonchev–Trinajstić information content (AvgIpc) is 2.71. The van der Waals surface area contributed by atoms with Gasteiger partial charge in [0.2, 0.25) is 5.91 Å². The van der Waals surface area contributed by atoms with E-state index in [0.717, 1.165) is 13.0 Å². The second-order valence-corrected chi connectivity index (χ2v) is 6.05. The number of piperidine rings is 1. The Kier molecular flexibility index (Phi) is 3.09. The first-order valence-corrected chi connectivity index (χ1v) is 7.35. The quantitative estimate of drug-likeness (QED) is 0.803. The van der Waals surface area contributed by atoms with Gasteiger partial charge in [0.25, 0.3) is 0 Å². The fourth-order valence-corrected chi connectivity index (χ4v) is 3.69. The number of aryl methyl sites for hydroxylation is 1. The SMILES string of the molecule is CCC(=O)N1c2ccc(C)cc2C2C[NH+](C)CCC21. The highest BCUT2D eigenvalue weighted by Crippen LogP contribution is 2.43. The summed E-state index contributed by atoms with van der Waals surface area (Å²) in [5.74, 6) is 0.802. The summed E-state index contributed by atoms with van der Waals surface area (Å²) >= 11 is 0. The Morgan fingerprint density at radius 1 is 1.47 bits per heavy atom. The van der Waals surface area contributed by atoms with Crippen molar-refractivity contribution in [2.45, 2.75) is 38.6 Å². The molecule has 102 valence electrons. The van der Waals surface area contributed by atoms with E-state index < -0.39 is 0 Å². The zero-order chi connectivity index (χ0) is 13.6. The molecule has 1 saturated heterocycles. The zero-order valence-corrected chi connectivity index (χ0v) is 12.1. The van der Waals surface area contributed by atoms with E-state index in [2.05, 4.69) is 37.1 Å². The van der Waals surface area contributed by atoms with Crippen molar-refractivity contribution >= 4 is 11.6 Å². The maximum atomic E-state index is 12.3. The minimum atomic E-state index is 0.275. The van der Waals surface area contributed by atoms with Gasteiger partial charge < -0.3 is 9.80 Å². The lowest BCUT2D eigenvalue weighted by Gasteiger charge is -2.34. The number of hydrogen-bond acceptors (Lipinski definition) is 1. The van der Waals surface area contributed by atoms with Crippen LogP contribution in [0.2, 0.25) is 0 Å². The van der Waals surface area contributed by atoms with E-state index in [0.29, 0.717) is 18.4 Å². The molecule has 1 amide bonds. The first-order chi connectivity index (χ1) is 9.11. The number of nitrogens with zero attached hydrogens (tertiary/aromatic N) is 1. The first kappa shape index (κ1) is 12.7. The topological polar surface area (TPSA) is 24.8 Å². The molecular weight excluding hydrogens is 236 g/mol. The van der Waals surface area contributed by atoms with Crippen molar-refractivity contribution in [2.24, 2.45) is 0 Å². The first-order valence-electron chi connectivity index (χ1n) is 7.35. The summed E-state index contributed by atoms with van der Waals surface area (Å²) in [4.78, 5) is 16.0. The van der Waals surface area contributed by atoms with Gasteiger partial charge in [-0.15, -0.1) is 0 Å². The van der Waals surface area contributed by atoms with E-state index in [9.17, 15) is 4.79 Å². The molecule has 2 aliphatic heterocycles. The lowest BCUT2D eigenvalue weighted by atomic mass is 9.89. The van der Waals surface area contributed by atoms with Crippen molar-refractivity contribution < 1.29 is 9.69 Å². The number of rotatable bonds is 1. The monoisotopic (exact) mass is 259 g/mol. The number of benzene rings is 1. The van der Waals surface area contributed by atoms with Crippen LogP contribution >= 0.6 is 0 Å². The van der Waals surface area contributed by atoms with Crippen molar-refractivity contribution in [3.63, 3.8) is 0 Å². The standard InChI is InChI=1S/C16H22N2O/c1-4-16(19)18-14-6-5-11(2)9-12(14)13-10-17(3)8-7-15(13)18/h5-6,9,13,15H,4,7-8,10H2,1-3H3/p+1. The molecule has 1 fully saturated rings. The lowest BCUT2D eigenvalue weighted by Crippen LogP contribution is -3.11. The third-order valence-electron chi connectivity index (χ3n) is 4.64. The van der Waals surface area contributed by atoms with Gasteiger partial charge in [-0.05, 0) is 18.6 Å². The van der Waals surface area contributed by atoms with Gasteiger partial charge in [0.15, 0.2) is 0 Å². The fraction of sp³-hybridized carbons (Fsp3) is 0.562. The maximum Gasteiger partial charge on any atom is 0.226 e. The van der Waals surface area contributed by atoms with Crippen molar-refractivity contribution in [1.82, 2.24) is 0 Å². The third-order valence-corrected chi connectivity index (χ3v) is 4.64.